The van der Waals surface area contributed by atoms with Gasteiger partial charge < -0.3 is 130 Å². The number of aliphatic hydroxyl groups excluding tert-OH is 15. The van der Waals surface area contributed by atoms with Gasteiger partial charge in [0.05, 0.1) is 38.1 Å². The number of hydrogen-bond donors (Lipinski definition) is 17. The van der Waals surface area contributed by atoms with Crippen molar-refractivity contribution in [3.8, 4) is 0 Å². The number of aliphatic carboxylic acids is 1. The lowest BCUT2D eigenvalue weighted by Gasteiger charge is -2.50. The summed E-state index contributed by atoms with van der Waals surface area (Å²) in [5, 5.41) is 171. The van der Waals surface area contributed by atoms with E-state index in [1.165, 1.54) is 13.8 Å². The maximum absolute atomic E-state index is 13.0. The molecule has 0 aliphatic carbocycles. The number of carboxylic acids is 1. The molecule has 1 amide bonds. The van der Waals surface area contributed by atoms with Crippen LogP contribution in [0, 0.1) is 0 Å². The standard InChI is InChI=1S/C35H59NO27/c1-8-16(41)22(47)25(50)31(56-8)59-12-4-35(34(53)54,63-28(20(12)45)18(43)11(40)5-37)55-7-14-21(46)27(15(30(52)58-14)36-10(3)39)61-33-29(24(49)19(44)13(6-38)60-33)62-32-26(51)23(48)17(42)9(2)57-32/h8-9,11-33,37-38,40-52H,4-7H2,1-3H3,(H,36,39)(H,53,54)/t8-,9-,11+,12-,13+,14+,15+,16+,17+,18+,19-,20+,21-,22+,23+,24-,25-,26-,27+,28-,29+,30?,31-,32-,33-,35+/m0/s1. The van der Waals surface area contributed by atoms with Crippen molar-refractivity contribution < 1.29 is 134 Å². The van der Waals surface area contributed by atoms with Crippen LogP contribution in [-0.2, 0) is 52.2 Å². The largest absolute Gasteiger partial charge is 0.477 e. The number of rotatable bonds is 15. The van der Waals surface area contributed by atoms with Crippen molar-refractivity contribution in [3.63, 3.8) is 0 Å². The zero-order valence-corrected chi connectivity index (χ0v) is 33.9. The fourth-order valence-corrected chi connectivity index (χ4v) is 7.84. The summed E-state index contributed by atoms with van der Waals surface area (Å²) in [7, 11) is 0. The SMILES string of the molecule is CC(=O)N[C@H]1C(O)O[C@H](CO[C@]2(C(=O)O)C[C@H](O[C@@H]3O[C@@H](C)[C@@H](O)[C@@H](O)[C@@H]3O)[C@@H](O)[C@H]([C@H](O)[C@H](O)CO)O2)[C@H](O)[C@@H]1O[C@@H]1O[C@H](CO)[C@H](O)[C@H](O)[C@H]1O[C@@H]1O[C@@H](C)[C@@H](O)[C@@H](O)[C@@H]1O. The van der Waals surface area contributed by atoms with E-state index in [1.807, 2.05) is 0 Å². The average molecular weight is 926 g/mol. The molecule has 0 spiro atoms. The molecule has 0 radical (unpaired) electrons. The molecule has 366 valence electrons. The number of carbonyl (C=O) groups excluding carboxylic acids is 1. The molecular formula is C35H59NO27. The molecule has 0 saturated carbocycles. The monoisotopic (exact) mass is 925 g/mol. The van der Waals surface area contributed by atoms with Gasteiger partial charge in [-0.25, -0.2) is 4.79 Å². The second-order valence-corrected chi connectivity index (χ2v) is 16.1. The van der Waals surface area contributed by atoms with Crippen molar-refractivity contribution in [2.75, 3.05) is 19.8 Å². The highest BCUT2D eigenvalue weighted by molar-refractivity contribution is 5.76. The molecule has 28 heteroatoms. The Morgan fingerprint density at radius 3 is 1.75 bits per heavy atom. The van der Waals surface area contributed by atoms with Crippen LogP contribution in [0.4, 0.5) is 0 Å². The van der Waals surface area contributed by atoms with Crippen LogP contribution in [-0.4, -0.2) is 272 Å². The van der Waals surface area contributed by atoms with Gasteiger partial charge in [-0.05, 0) is 13.8 Å². The third-order valence-corrected chi connectivity index (χ3v) is 11.6. The molecule has 5 aliphatic heterocycles. The Morgan fingerprint density at radius 1 is 0.667 bits per heavy atom. The smallest absolute Gasteiger partial charge is 0.364 e. The highest BCUT2D eigenvalue weighted by Crippen LogP contribution is 2.38. The van der Waals surface area contributed by atoms with Gasteiger partial charge in [-0.3, -0.25) is 4.79 Å². The number of hydrogen-bond acceptors (Lipinski definition) is 26. The van der Waals surface area contributed by atoms with E-state index in [1.54, 1.807) is 0 Å². The van der Waals surface area contributed by atoms with Crippen molar-refractivity contribution in [1.82, 2.24) is 5.32 Å². The third kappa shape index (κ3) is 10.9. The number of aliphatic hydroxyl groups is 15. The minimum atomic E-state index is -3.07. The van der Waals surface area contributed by atoms with Gasteiger partial charge in [0.25, 0.3) is 5.79 Å². The molecule has 26 atom stereocenters. The van der Waals surface area contributed by atoms with Crippen LogP contribution in [0.3, 0.4) is 0 Å². The fraction of sp³-hybridized carbons (Fsp3) is 0.943. The summed E-state index contributed by atoms with van der Waals surface area (Å²) < 4.78 is 50.5. The maximum Gasteiger partial charge on any atom is 0.364 e. The first-order valence-electron chi connectivity index (χ1n) is 19.9. The molecule has 5 heterocycles. The number of nitrogens with one attached hydrogen (secondary N) is 1. The van der Waals surface area contributed by atoms with E-state index >= 15 is 0 Å². The van der Waals surface area contributed by atoms with Crippen LogP contribution in [0.2, 0.25) is 0 Å². The molecule has 0 bridgehead atoms. The lowest BCUT2D eigenvalue weighted by atomic mass is 9.90. The van der Waals surface area contributed by atoms with E-state index in [4.69, 9.17) is 42.6 Å². The van der Waals surface area contributed by atoms with E-state index in [0.29, 0.717) is 0 Å². The second-order valence-electron chi connectivity index (χ2n) is 16.1. The van der Waals surface area contributed by atoms with E-state index in [9.17, 15) is 91.3 Å². The summed E-state index contributed by atoms with van der Waals surface area (Å²) in [5.41, 5.74) is 0. The van der Waals surface area contributed by atoms with Crippen molar-refractivity contribution in [1.29, 1.82) is 0 Å². The zero-order valence-electron chi connectivity index (χ0n) is 33.9. The quantitative estimate of drug-likeness (QED) is 0.0725. The highest BCUT2D eigenvalue weighted by Gasteiger charge is 2.59. The number of carbonyl (C=O) groups is 2. The highest BCUT2D eigenvalue weighted by atomic mass is 16.8. The van der Waals surface area contributed by atoms with Crippen LogP contribution in [0.15, 0.2) is 0 Å². The maximum atomic E-state index is 13.0. The van der Waals surface area contributed by atoms with Crippen molar-refractivity contribution >= 4 is 11.9 Å². The van der Waals surface area contributed by atoms with E-state index < -0.39 is 197 Å². The summed E-state index contributed by atoms with van der Waals surface area (Å²) in [6.07, 6.45) is -46.1. The van der Waals surface area contributed by atoms with Crippen LogP contribution in [0.5, 0.6) is 0 Å². The molecule has 0 aromatic rings. The lowest BCUT2D eigenvalue weighted by Crippen LogP contribution is -2.69. The number of carboxylic acid groups (broad SMARTS) is 1. The molecule has 63 heavy (non-hydrogen) atoms. The molecule has 0 aromatic heterocycles. The summed E-state index contributed by atoms with van der Waals surface area (Å²) in [6.45, 7) is 0.400. The van der Waals surface area contributed by atoms with Crippen LogP contribution in [0.1, 0.15) is 27.2 Å². The Morgan fingerprint density at radius 2 is 1.22 bits per heavy atom. The second kappa shape index (κ2) is 21.3. The van der Waals surface area contributed by atoms with Gasteiger partial charge in [-0.1, -0.05) is 0 Å². The van der Waals surface area contributed by atoms with Crippen LogP contribution < -0.4 is 5.32 Å². The molecule has 5 rings (SSSR count). The Balaban J connectivity index is 1.43. The fourth-order valence-electron chi connectivity index (χ4n) is 7.84. The molecule has 1 unspecified atom stereocenters. The van der Waals surface area contributed by atoms with Crippen molar-refractivity contribution in [2.24, 2.45) is 0 Å². The van der Waals surface area contributed by atoms with Gasteiger partial charge in [0.15, 0.2) is 25.2 Å². The minimum absolute atomic E-state index is 0.831. The van der Waals surface area contributed by atoms with E-state index in [2.05, 4.69) is 5.32 Å². The Hall–Kier alpha value is -2.02. The summed E-state index contributed by atoms with van der Waals surface area (Å²) >= 11 is 0. The first-order chi connectivity index (χ1) is 29.5. The van der Waals surface area contributed by atoms with Gasteiger partial charge in [-0.2, -0.15) is 0 Å². The molecule has 5 fully saturated rings. The van der Waals surface area contributed by atoms with Gasteiger partial charge >= 0.3 is 5.97 Å². The van der Waals surface area contributed by atoms with Gasteiger partial charge in [-0.15, -0.1) is 0 Å². The van der Waals surface area contributed by atoms with E-state index in [0.717, 1.165) is 6.92 Å². The third-order valence-electron chi connectivity index (χ3n) is 11.6. The number of ether oxygens (including phenoxy) is 9. The average Bonchev–Trinajstić information content (AvgIpc) is 3.24. The first-order valence-corrected chi connectivity index (χ1v) is 19.9. The summed E-state index contributed by atoms with van der Waals surface area (Å²) in [4.78, 5) is 25.3. The Labute approximate surface area is 357 Å². The molecule has 5 saturated heterocycles. The van der Waals surface area contributed by atoms with Crippen LogP contribution in [0.25, 0.3) is 0 Å². The van der Waals surface area contributed by atoms with Crippen LogP contribution >= 0.6 is 0 Å². The lowest BCUT2D eigenvalue weighted by molar-refractivity contribution is -0.383. The molecule has 5 aliphatic rings. The predicted molar refractivity (Wildman–Crippen MR) is 192 cm³/mol. The number of amides is 1. The summed E-state index contributed by atoms with van der Waals surface area (Å²) in [5.74, 6) is -5.90. The molecule has 17 N–H and O–H groups in total. The Kier molecular flexibility index (Phi) is 17.6. The minimum Gasteiger partial charge on any atom is -0.477 e. The zero-order chi connectivity index (χ0) is 47.0. The molecule has 28 nitrogen and oxygen atoms in total. The van der Waals surface area contributed by atoms with E-state index in [-0.39, 0.29) is 0 Å². The first kappa shape index (κ1) is 52.0. The predicted octanol–water partition coefficient (Wildman–Crippen LogP) is -10.5. The Bertz CT molecular complexity index is 1500. The topological polar surface area (TPSA) is 453 Å². The van der Waals surface area contributed by atoms with Gasteiger partial charge in [0, 0.05) is 13.3 Å². The molecule has 0 aromatic carbocycles. The van der Waals surface area contributed by atoms with Gasteiger partial charge in [0.2, 0.25) is 5.91 Å². The van der Waals surface area contributed by atoms with Crippen molar-refractivity contribution in [2.45, 2.75) is 186 Å². The normalized spacial score (nSPS) is 49.5. The van der Waals surface area contributed by atoms with Crippen molar-refractivity contribution in [3.05, 3.63) is 0 Å². The summed E-state index contributed by atoms with van der Waals surface area (Å²) in [6, 6.07) is -1.74. The molecular weight excluding hydrogens is 866 g/mol. The van der Waals surface area contributed by atoms with Gasteiger partial charge in [0.1, 0.15) is 110 Å².